The fraction of sp³-hybridized carbons (Fsp3) is 0.848. The van der Waals surface area contributed by atoms with Crippen LogP contribution in [0.5, 0.6) is 0 Å². The van der Waals surface area contributed by atoms with E-state index >= 15 is 0 Å². The van der Waals surface area contributed by atoms with Gasteiger partial charge in [-0.1, -0.05) is 60.3 Å². The second-order valence-corrected chi connectivity index (χ2v) is 23.5. The minimum Gasteiger partial charge on any atom is -0.724 e. The van der Waals surface area contributed by atoms with Crippen LogP contribution in [-0.4, -0.2) is 170 Å². The molecule has 0 spiro atoms. The van der Waals surface area contributed by atoms with Gasteiger partial charge < -0.3 is 43.5 Å². The third-order valence-corrected chi connectivity index (χ3v) is 15.0. The molecule has 6 aliphatic heterocycles. The van der Waals surface area contributed by atoms with Crippen molar-refractivity contribution in [3.63, 3.8) is 0 Å². The van der Waals surface area contributed by atoms with Gasteiger partial charge in [0.1, 0.15) is 23.7 Å². The van der Waals surface area contributed by atoms with Crippen molar-refractivity contribution in [1.29, 1.82) is 0 Å². The molecule has 2 aromatic rings. The van der Waals surface area contributed by atoms with Crippen molar-refractivity contribution in [2.24, 2.45) is 11.7 Å². The van der Waals surface area contributed by atoms with Crippen LogP contribution >= 0.6 is 0 Å². The summed E-state index contributed by atoms with van der Waals surface area (Å²) in [5.41, 5.74) is 5.21. The second kappa shape index (κ2) is 25.2. The van der Waals surface area contributed by atoms with Gasteiger partial charge in [-0.15, -0.1) is 24.7 Å². The summed E-state index contributed by atoms with van der Waals surface area (Å²) < 4.78 is 90.8. The largest absolute Gasteiger partial charge is 0.724 e. The predicted molar refractivity (Wildman–Crippen MR) is 264 cm³/mol. The minimum absolute atomic E-state index is 0.0297. The number of carbonyl (C=O) groups excluding carboxylic acids is 3. The van der Waals surface area contributed by atoms with Gasteiger partial charge in [0.05, 0.1) is 44.3 Å². The number of piperidine rings is 2. The average Bonchev–Trinajstić information content (AvgIpc) is 4.22. The zero-order chi connectivity index (χ0) is 54.2. The molecule has 8 atom stereocenters. The first-order chi connectivity index (χ1) is 34.9. The highest BCUT2D eigenvalue weighted by molar-refractivity contribution is 7.81. The maximum Gasteiger partial charge on any atom is 0.418 e. The third kappa shape index (κ3) is 15.4. The summed E-state index contributed by atoms with van der Waals surface area (Å²) in [5, 5.41) is 20.8. The number of quaternary nitrogens is 1. The lowest BCUT2D eigenvalue weighted by Crippen LogP contribution is -2.50. The first-order valence-corrected chi connectivity index (χ1v) is 29.1. The van der Waals surface area contributed by atoms with Crippen LogP contribution < -0.4 is 11.1 Å². The van der Waals surface area contributed by atoms with E-state index in [9.17, 15) is 35.8 Å². The Morgan fingerprint density at radius 1 is 0.730 bits per heavy atom. The van der Waals surface area contributed by atoms with Gasteiger partial charge in [0.2, 0.25) is 34.0 Å². The van der Waals surface area contributed by atoms with Crippen molar-refractivity contribution in [2.45, 2.75) is 193 Å². The molecule has 2 aromatic heterocycles. The number of likely N-dealkylation sites (tertiary alicyclic amines) is 1. The number of rotatable bonds is 20. The molecule has 0 aromatic carbocycles. The fourth-order valence-corrected chi connectivity index (χ4v) is 11.4. The maximum atomic E-state index is 12.7. The van der Waals surface area contributed by atoms with E-state index in [0.717, 1.165) is 0 Å². The SMILES string of the molecule is CCCC[N+](CCCC)(CCCC)CCCC.C[C@@H]1C[C@H](c2nnc([C@@H]3CC[C@@H]4CN3C(=O)N4OS(=O)(=O)[O-])o2)N(C(=O)OC(C)(C)C)C1.N[C@H]1CN[C@@H](c2nnc([C@@H]3CC[C@@H]4CN3C(=O)N4OS(=O)(=O)O)o2)C1. The Hall–Kier alpha value is -4.29. The number of aromatic nitrogens is 4. The van der Waals surface area contributed by atoms with Crippen LogP contribution in [0.4, 0.5) is 14.4 Å². The van der Waals surface area contributed by atoms with Gasteiger partial charge >= 0.3 is 28.6 Å². The van der Waals surface area contributed by atoms with Crippen molar-refractivity contribution >= 4 is 39.0 Å². The number of carbonyl (C=O) groups is 3. The second-order valence-electron chi connectivity index (χ2n) is 21.6. The van der Waals surface area contributed by atoms with Crippen LogP contribution in [0.2, 0.25) is 0 Å². The van der Waals surface area contributed by atoms with Crippen molar-refractivity contribution in [3.8, 4) is 0 Å². The molecular weight excluding hydrogens is 1010 g/mol. The van der Waals surface area contributed by atoms with Crippen molar-refractivity contribution in [1.82, 2.24) is 50.5 Å². The van der Waals surface area contributed by atoms with Crippen LogP contribution in [0.25, 0.3) is 0 Å². The van der Waals surface area contributed by atoms with Gasteiger partial charge in [-0.3, -0.25) is 9.45 Å². The molecule has 5 amide bonds. The zero-order valence-corrected chi connectivity index (χ0v) is 45.9. The highest BCUT2D eigenvalue weighted by Gasteiger charge is 2.51. The fourth-order valence-electron chi connectivity index (χ4n) is 10.6. The van der Waals surface area contributed by atoms with Crippen molar-refractivity contribution in [3.05, 3.63) is 23.6 Å². The molecule has 4 N–H and O–H groups in total. The molecule has 0 radical (unpaired) electrons. The molecule has 8 heterocycles. The molecule has 0 aliphatic carbocycles. The molecule has 8 rings (SSSR count). The molecule has 420 valence electrons. The van der Waals surface area contributed by atoms with E-state index in [2.05, 4.69) is 62.0 Å². The van der Waals surface area contributed by atoms with Crippen molar-refractivity contribution < 1.29 is 66.9 Å². The molecule has 6 aliphatic rings. The Morgan fingerprint density at radius 3 is 1.59 bits per heavy atom. The lowest BCUT2D eigenvalue weighted by molar-refractivity contribution is -0.929. The summed E-state index contributed by atoms with van der Waals surface area (Å²) in [6.45, 7) is 24.0. The molecular formula is C46H80N12O14S2. The van der Waals surface area contributed by atoms with E-state index in [-0.39, 0.29) is 48.8 Å². The number of unbranched alkanes of at least 4 members (excludes halogenated alkanes) is 4. The smallest absolute Gasteiger partial charge is 0.418 e. The van der Waals surface area contributed by atoms with Gasteiger partial charge in [0, 0.05) is 32.2 Å². The number of amides is 5. The lowest BCUT2D eigenvalue weighted by Gasteiger charge is -2.39. The Balaban J connectivity index is 0.000000190. The Morgan fingerprint density at radius 2 is 1.18 bits per heavy atom. The number of hydroxylamine groups is 4. The predicted octanol–water partition coefficient (Wildman–Crippen LogP) is 5.83. The maximum absolute atomic E-state index is 12.7. The first kappa shape index (κ1) is 59.0. The number of fused-ring (bicyclic) bond motifs is 4. The van der Waals surface area contributed by atoms with E-state index in [1.165, 1.54) is 91.8 Å². The standard InChI is InChI=1S/C18H27N5O8S.C16H36N.C12H18N6O6S/c1-10-7-13(22(8-10)17(25)30-18(2,3)4)15-20-19-14(29-15)12-6-5-11-9-21(12)16(24)23(11)31-32(26,27)28;1-5-9-13-17(14-10-6-2,15-11-7-3)16-12-8-4;13-6-3-8(14-4-6)10-15-16-11(23-10)9-2-1-7-5-17(9)12(19)18(7)24-25(20,21)22/h10-13H,5-9H2,1-4H3,(H,26,27,28);5-16H2,1-4H3;6-9,14H,1-5,13H2,(H,20,21,22)/q;+1;/p-1/t10-,11-,12+,13-;;6-,7-,8-,9+/m1.1/s1. The molecule has 6 fully saturated rings. The highest BCUT2D eigenvalue weighted by Crippen LogP contribution is 2.42. The van der Waals surface area contributed by atoms with Gasteiger partial charge in [-0.05, 0) is 90.9 Å². The summed E-state index contributed by atoms with van der Waals surface area (Å²) in [6.07, 6.45) is 13.7. The summed E-state index contributed by atoms with van der Waals surface area (Å²) in [7, 11) is -9.84. The number of nitrogens with one attached hydrogen (secondary N) is 1. The van der Waals surface area contributed by atoms with E-state index < -0.39 is 74.8 Å². The highest BCUT2D eigenvalue weighted by atomic mass is 32.3. The van der Waals surface area contributed by atoms with Crippen LogP contribution in [0.1, 0.15) is 193 Å². The van der Waals surface area contributed by atoms with E-state index in [4.69, 9.17) is 23.9 Å². The van der Waals surface area contributed by atoms with E-state index in [1.54, 1.807) is 25.7 Å². The molecule has 0 unspecified atom stereocenters. The number of hydrogen-bond acceptors (Lipinski definition) is 19. The molecule has 28 heteroatoms. The molecule has 74 heavy (non-hydrogen) atoms. The van der Waals surface area contributed by atoms with E-state index in [0.29, 0.717) is 67.6 Å². The van der Waals surface area contributed by atoms with Crippen molar-refractivity contribution in [2.75, 3.05) is 52.4 Å². The number of urea groups is 2. The van der Waals surface area contributed by atoms with Gasteiger partial charge in [0.25, 0.3) is 0 Å². The quantitative estimate of drug-likeness (QED) is 0.0797. The topological polar surface area (TPSA) is 323 Å². The molecule has 4 bridgehead atoms. The van der Waals surface area contributed by atoms with Gasteiger partial charge in [-0.2, -0.15) is 22.8 Å². The van der Waals surface area contributed by atoms with Gasteiger partial charge in [-0.25, -0.2) is 22.8 Å². The molecule has 26 nitrogen and oxygen atoms in total. The number of hydrogen-bond donors (Lipinski definition) is 3. The monoisotopic (exact) mass is 1090 g/mol. The van der Waals surface area contributed by atoms with Crippen LogP contribution in [0, 0.1) is 5.92 Å². The Kier molecular flexibility index (Phi) is 20.1. The number of ether oxygens (including phenoxy) is 1. The summed E-state index contributed by atoms with van der Waals surface area (Å²) >= 11 is 0. The first-order valence-electron chi connectivity index (χ1n) is 26.4. The van der Waals surface area contributed by atoms with Gasteiger partial charge in [0.15, 0.2) is 0 Å². The zero-order valence-electron chi connectivity index (χ0n) is 44.3. The van der Waals surface area contributed by atoms with E-state index in [1.807, 2.05) is 6.92 Å². The normalized spacial score (nSPS) is 26.1. The summed E-state index contributed by atoms with van der Waals surface area (Å²) in [5.74, 6) is 1.35. The summed E-state index contributed by atoms with van der Waals surface area (Å²) in [4.78, 5) is 42.0. The molecule has 6 saturated heterocycles. The summed E-state index contributed by atoms with van der Waals surface area (Å²) in [6, 6.07) is -3.99. The van der Waals surface area contributed by atoms with Crippen LogP contribution in [-0.2, 0) is 34.1 Å². The number of nitrogens with two attached hydrogens (primary N) is 1. The average molecular weight is 1090 g/mol. The van der Waals surface area contributed by atoms with Crippen LogP contribution in [0.15, 0.2) is 8.83 Å². The number of nitrogens with zero attached hydrogens (tertiary/aromatic N) is 10. The minimum atomic E-state index is -5.07. The third-order valence-electron chi connectivity index (χ3n) is 14.3. The lowest BCUT2D eigenvalue weighted by atomic mass is 10.0. The Bertz CT molecular complexity index is 2370. The Labute approximate surface area is 435 Å². The van der Waals surface area contributed by atoms with Crippen LogP contribution in [0.3, 0.4) is 0 Å². The molecule has 0 saturated carbocycles.